The second kappa shape index (κ2) is 4.71. The van der Waals surface area contributed by atoms with E-state index in [1.54, 1.807) is 0 Å². The van der Waals surface area contributed by atoms with E-state index in [1.807, 2.05) is 0 Å². The molecule has 4 fully saturated rings. The zero-order valence-electron chi connectivity index (χ0n) is 13.7. The first-order chi connectivity index (χ1) is 9.95. The highest BCUT2D eigenvalue weighted by Gasteiger charge is 2.59. The Bertz CT molecular complexity index is 422. The zero-order valence-corrected chi connectivity index (χ0v) is 13.7. The van der Waals surface area contributed by atoms with Crippen LogP contribution in [0.4, 0.5) is 0 Å². The van der Waals surface area contributed by atoms with Crippen LogP contribution >= 0.6 is 0 Å². The number of fused-ring (bicyclic) bond motifs is 5. The van der Waals surface area contributed by atoms with Crippen LogP contribution in [0.25, 0.3) is 0 Å². The fourth-order valence-corrected chi connectivity index (χ4v) is 7.21. The highest BCUT2D eigenvalue weighted by molar-refractivity contribution is 5.09. The molecular weight excluding hydrogens is 260 g/mol. The molecule has 2 N–H and O–H groups in total. The average molecular weight is 292 g/mol. The monoisotopic (exact) mass is 292 g/mol. The van der Waals surface area contributed by atoms with E-state index in [2.05, 4.69) is 13.8 Å². The minimum Gasteiger partial charge on any atom is -0.393 e. The van der Waals surface area contributed by atoms with Gasteiger partial charge in [-0.05, 0) is 92.3 Å². The van der Waals surface area contributed by atoms with Crippen molar-refractivity contribution >= 4 is 0 Å². The fourth-order valence-electron chi connectivity index (χ4n) is 7.21. The van der Waals surface area contributed by atoms with Gasteiger partial charge in [0.05, 0.1) is 12.2 Å². The van der Waals surface area contributed by atoms with Crippen LogP contribution in [-0.4, -0.2) is 22.4 Å². The lowest BCUT2D eigenvalue weighted by molar-refractivity contribution is -0.133. The van der Waals surface area contributed by atoms with Crippen molar-refractivity contribution in [2.24, 2.45) is 34.5 Å². The summed E-state index contributed by atoms with van der Waals surface area (Å²) in [6, 6.07) is 0. The summed E-state index contributed by atoms with van der Waals surface area (Å²) in [6.07, 6.45) is 10.7. The Morgan fingerprint density at radius 2 is 1.48 bits per heavy atom. The summed E-state index contributed by atoms with van der Waals surface area (Å²) in [7, 11) is 0. The third-order valence-corrected chi connectivity index (χ3v) is 8.59. The van der Waals surface area contributed by atoms with Gasteiger partial charge in [0.1, 0.15) is 0 Å². The van der Waals surface area contributed by atoms with Crippen molar-refractivity contribution in [1.29, 1.82) is 0 Å². The topological polar surface area (TPSA) is 40.5 Å². The van der Waals surface area contributed by atoms with E-state index in [-0.39, 0.29) is 17.6 Å². The SMILES string of the molecule is C[C@]12CC[C@H](O)C[C@@H]1CC[C@@H]1[C@@H]2CC[C@]2(C)C(O)CC[C@@H]12. The minimum absolute atomic E-state index is 0.0400. The second-order valence-corrected chi connectivity index (χ2v) is 9.22. The van der Waals surface area contributed by atoms with Gasteiger partial charge in [0.25, 0.3) is 0 Å². The number of hydrogen-bond acceptors (Lipinski definition) is 2. The van der Waals surface area contributed by atoms with E-state index in [1.165, 1.54) is 38.5 Å². The summed E-state index contributed by atoms with van der Waals surface area (Å²) in [4.78, 5) is 0. The van der Waals surface area contributed by atoms with E-state index in [0.717, 1.165) is 42.9 Å². The van der Waals surface area contributed by atoms with Crippen LogP contribution in [0.3, 0.4) is 0 Å². The van der Waals surface area contributed by atoms with Gasteiger partial charge < -0.3 is 10.2 Å². The molecule has 8 atom stereocenters. The Labute approximate surface area is 129 Å². The number of aliphatic hydroxyl groups excluding tert-OH is 2. The Hall–Kier alpha value is -0.0800. The van der Waals surface area contributed by atoms with Gasteiger partial charge in [-0.1, -0.05) is 13.8 Å². The molecule has 0 heterocycles. The molecular formula is C19H32O2. The Kier molecular flexibility index (Phi) is 3.25. The van der Waals surface area contributed by atoms with Gasteiger partial charge in [0.15, 0.2) is 0 Å². The standard InChI is InChI=1S/C19H32O2/c1-18-9-7-13(20)11-12(18)3-4-14-15-5-6-17(21)19(15,2)10-8-16(14)18/h12-17,20-21H,3-11H2,1-2H3/t12-,13-,14-,15-,16-,17?,18-,19-/m0/s1. The molecule has 0 aromatic heterocycles. The number of aliphatic hydroxyl groups is 2. The van der Waals surface area contributed by atoms with Crippen LogP contribution in [0, 0.1) is 34.5 Å². The largest absolute Gasteiger partial charge is 0.393 e. The molecule has 0 amide bonds. The van der Waals surface area contributed by atoms with Crippen molar-refractivity contribution in [3.63, 3.8) is 0 Å². The van der Waals surface area contributed by atoms with Crippen molar-refractivity contribution in [1.82, 2.24) is 0 Å². The van der Waals surface area contributed by atoms with Gasteiger partial charge in [-0.25, -0.2) is 0 Å². The first kappa shape index (κ1) is 14.5. The predicted molar refractivity (Wildman–Crippen MR) is 83.7 cm³/mol. The summed E-state index contributed by atoms with van der Waals surface area (Å²) >= 11 is 0. The summed E-state index contributed by atoms with van der Waals surface area (Å²) in [6.45, 7) is 4.90. The van der Waals surface area contributed by atoms with Gasteiger partial charge in [0, 0.05) is 0 Å². The zero-order chi connectivity index (χ0) is 14.8. The van der Waals surface area contributed by atoms with Crippen LogP contribution in [0.5, 0.6) is 0 Å². The smallest absolute Gasteiger partial charge is 0.0596 e. The summed E-state index contributed by atoms with van der Waals surface area (Å²) < 4.78 is 0. The van der Waals surface area contributed by atoms with Crippen LogP contribution in [-0.2, 0) is 0 Å². The van der Waals surface area contributed by atoms with Crippen molar-refractivity contribution in [2.45, 2.75) is 83.8 Å². The van der Waals surface area contributed by atoms with E-state index < -0.39 is 0 Å². The maximum atomic E-state index is 10.5. The molecule has 0 saturated heterocycles. The lowest BCUT2D eigenvalue weighted by Crippen LogP contribution is -2.54. The summed E-state index contributed by atoms with van der Waals surface area (Å²) in [5.74, 6) is 3.21. The van der Waals surface area contributed by atoms with Gasteiger partial charge >= 0.3 is 0 Å². The normalized spacial score (nSPS) is 60.0. The molecule has 0 bridgehead atoms. The van der Waals surface area contributed by atoms with Crippen LogP contribution in [0.15, 0.2) is 0 Å². The molecule has 4 saturated carbocycles. The maximum absolute atomic E-state index is 10.5. The van der Waals surface area contributed by atoms with Gasteiger partial charge in [-0.3, -0.25) is 0 Å². The number of hydrogen-bond donors (Lipinski definition) is 2. The van der Waals surface area contributed by atoms with Crippen LogP contribution in [0.1, 0.15) is 71.6 Å². The molecule has 2 heteroatoms. The minimum atomic E-state index is -0.0536. The third kappa shape index (κ3) is 1.91. The molecule has 0 radical (unpaired) electrons. The fraction of sp³-hybridized carbons (Fsp3) is 1.00. The molecule has 0 aromatic carbocycles. The first-order valence-electron chi connectivity index (χ1n) is 9.31. The Morgan fingerprint density at radius 3 is 2.29 bits per heavy atom. The van der Waals surface area contributed by atoms with E-state index in [4.69, 9.17) is 0 Å². The average Bonchev–Trinajstić information content (AvgIpc) is 2.76. The van der Waals surface area contributed by atoms with Crippen LogP contribution < -0.4 is 0 Å². The van der Waals surface area contributed by atoms with Crippen LogP contribution in [0.2, 0.25) is 0 Å². The van der Waals surface area contributed by atoms with Crippen molar-refractivity contribution in [2.75, 3.05) is 0 Å². The maximum Gasteiger partial charge on any atom is 0.0596 e. The molecule has 4 aliphatic carbocycles. The van der Waals surface area contributed by atoms with E-state index >= 15 is 0 Å². The Morgan fingerprint density at radius 1 is 0.762 bits per heavy atom. The lowest BCUT2D eigenvalue weighted by Gasteiger charge is -2.60. The second-order valence-electron chi connectivity index (χ2n) is 9.22. The van der Waals surface area contributed by atoms with Crippen molar-refractivity contribution in [3.8, 4) is 0 Å². The van der Waals surface area contributed by atoms with E-state index in [0.29, 0.717) is 5.41 Å². The van der Waals surface area contributed by atoms with Crippen molar-refractivity contribution < 1.29 is 10.2 Å². The molecule has 120 valence electrons. The van der Waals surface area contributed by atoms with Gasteiger partial charge in [-0.15, -0.1) is 0 Å². The molecule has 0 spiro atoms. The molecule has 4 rings (SSSR count). The molecule has 0 aliphatic heterocycles. The molecule has 4 aliphatic rings. The number of rotatable bonds is 0. The quantitative estimate of drug-likeness (QED) is 0.714. The summed E-state index contributed by atoms with van der Waals surface area (Å²) in [5.41, 5.74) is 0.676. The Balaban J connectivity index is 1.62. The molecule has 2 nitrogen and oxygen atoms in total. The highest BCUT2D eigenvalue weighted by Crippen LogP contribution is 2.66. The molecule has 21 heavy (non-hydrogen) atoms. The van der Waals surface area contributed by atoms with Gasteiger partial charge in [-0.2, -0.15) is 0 Å². The molecule has 1 unspecified atom stereocenters. The lowest BCUT2D eigenvalue weighted by atomic mass is 9.45. The third-order valence-electron chi connectivity index (χ3n) is 8.59. The molecule has 0 aromatic rings. The predicted octanol–water partition coefficient (Wildman–Crippen LogP) is 3.75. The first-order valence-corrected chi connectivity index (χ1v) is 9.31. The summed E-state index contributed by atoms with van der Waals surface area (Å²) in [5, 5.41) is 20.5. The van der Waals surface area contributed by atoms with E-state index in [9.17, 15) is 10.2 Å². The highest BCUT2D eigenvalue weighted by atomic mass is 16.3. The van der Waals surface area contributed by atoms with Crippen molar-refractivity contribution in [3.05, 3.63) is 0 Å². The van der Waals surface area contributed by atoms with Gasteiger partial charge in [0.2, 0.25) is 0 Å².